The van der Waals surface area contributed by atoms with Crippen molar-refractivity contribution in [3.05, 3.63) is 54.2 Å². The number of benzene rings is 1. The molecule has 0 aliphatic carbocycles. The van der Waals surface area contributed by atoms with E-state index in [-0.39, 0.29) is 65.1 Å². The number of Topliss-reactive ketones (excluding diaryl/α,β-unsaturated/α-hetero) is 1. The number of urea groups is 1. The molecular weight excluding hydrogens is 1080 g/mol. The summed E-state index contributed by atoms with van der Waals surface area (Å²) in [4.78, 5) is 57.5. The summed E-state index contributed by atoms with van der Waals surface area (Å²) < 4.78 is 46.5. The van der Waals surface area contributed by atoms with Gasteiger partial charge in [-0.25, -0.2) is 9.48 Å². The highest BCUT2D eigenvalue weighted by molar-refractivity contribution is 8.02. The number of nitrogens with zero attached hydrogens (tertiary/aromatic N) is 4. The molecule has 4 amide bonds. The number of hydrogen-bond acceptors (Lipinski definition) is 19. The lowest BCUT2D eigenvalue weighted by atomic mass is 9.89. The Balaban J connectivity index is 1.67. The summed E-state index contributed by atoms with van der Waals surface area (Å²) in [5, 5.41) is 24.0. The van der Waals surface area contributed by atoms with E-state index >= 15 is 0 Å². The third kappa shape index (κ3) is 40.4. The molecule has 0 saturated carbocycles. The van der Waals surface area contributed by atoms with Gasteiger partial charge in [0.25, 0.3) is 5.91 Å². The number of hydrogen-bond donors (Lipinski definition) is 5. The van der Waals surface area contributed by atoms with Crippen LogP contribution >= 0.6 is 23.5 Å². The zero-order valence-electron chi connectivity index (χ0n) is 50.5. The van der Waals surface area contributed by atoms with Gasteiger partial charge in [-0.2, -0.15) is 0 Å². The van der Waals surface area contributed by atoms with E-state index in [9.17, 15) is 19.2 Å². The number of primary amides is 1. The van der Waals surface area contributed by atoms with Crippen molar-refractivity contribution in [3.8, 4) is 0 Å². The minimum Gasteiger partial charge on any atom is -0.475 e. The van der Waals surface area contributed by atoms with Gasteiger partial charge < -0.3 is 69.7 Å². The van der Waals surface area contributed by atoms with Crippen molar-refractivity contribution in [2.24, 2.45) is 28.1 Å². The van der Waals surface area contributed by atoms with Crippen LogP contribution in [0.3, 0.4) is 0 Å². The van der Waals surface area contributed by atoms with Gasteiger partial charge in [-0.1, -0.05) is 98.7 Å². The van der Waals surface area contributed by atoms with E-state index in [2.05, 4.69) is 106 Å². The number of aromatic nitrogens is 3. The second-order valence-corrected chi connectivity index (χ2v) is 26.2. The number of ketones is 1. The number of ether oxygens (including phenoxy) is 8. The fraction of sp³-hybridized carbons (Fsp3) is 0.737. The van der Waals surface area contributed by atoms with Crippen molar-refractivity contribution in [2.75, 3.05) is 122 Å². The van der Waals surface area contributed by atoms with E-state index in [1.165, 1.54) is 0 Å². The molecule has 0 radical (unpaired) electrons. The van der Waals surface area contributed by atoms with Gasteiger partial charge in [-0.3, -0.25) is 14.4 Å². The van der Waals surface area contributed by atoms with Crippen LogP contribution < -0.4 is 27.0 Å². The molecule has 0 aliphatic rings. The average molecular weight is 1180 g/mol. The molecule has 0 spiro atoms. The van der Waals surface area contributed by atoms with Gasteiger partial charge in [0.2, 0.25) is 5.91 Å². The SMILES string of the molecule is C=C(NCc1cn(CCOCCOCCOCCOCCOCCOCCOCCC(C)(C)C)nn1)OCc1ccc(NC(=O)[C@H](CCCNC(N)=O)CC(=O)[C@@H](NC(=O)CON=C(CSC(C)(C)C)CSC(C)(C)C)C(C)C)cc1. The Morgan fingerprint density at radius 1 is 0.728 bits per heavy atom. The minimum atomic E-state index is -0.873. The minimum absolute atomic E-state index is 0.0247. The highest BCUT2D eigenvalue weighted by Gasteiger charge is 2.30. The van der Waals surface area contributed by atoms with E-state index in [1.807, 2.05) is 32.2 Å². The molecule has 0 saturated heterocycles. The average Bonchev–Trinajstić information content (AvgIpc) is 3.86. The van der Waals surface area contributed by atoms with Crippen LogP contribution in [0.15, 0.2) is 48.1 Å². The highest BCUT2D eigenvalue weighted by atomic mass is 32.2. The standard InChI is InChI=1S/C57H99N9O13S2/c1-43(2)52(62-51(68)40-79-64-49(41-80-56(7,8)9)42-81-57(10,11)12)50(67)36-46(14-13-20-59-54(58)70)53(69)61-47-17-15-45(16-18-47)39-78-44(3)60-37-48-38-66(65-63-48)21-23-72-25-27-74-29-31-76-33-35-77-34-32-75-30-28-73-26-24-71-22-19-55(4,5)6/h15-18,38,43,46,52,60H,3,13-14,19-37,39-42H2,1-2,4-12H3,(H,61,69)(H,62,68)(H3,58,59,70)/t46-,52+/m1/s1. The molecule has 24 heteroatoms. The summed E-state index contributed by atoms with van der Waals surface area (Å²) in [6, 6.07) is 5.55. The zero-order chi connectivity index (χ0) is 59.9. The topological polar surface area (TPSA) is 269 Å². The van der Waals surface area contributed by atoms with Crippen LogP contribution in [0, 0.1) is 17.3 Å². The Morgan fingerprint density at radius 3 is 1.74 bits per heavy atom. The molecular formula is C57H99N9O13S2. The van der Waals surface area contributed by atoms with Crippen molar-refractivity contribution in [3.63, 3.8) is 0 Å². The van der Waals surface area contributed by atoms with E-state index in [0.717, 1.165) is 24.3 Å². The quantitative estimate of drug-likeness (QED) is 0.0191. The lowest BCUT2D eigenvalue weighted by molar-refractivity contribution is -0.133. The number of nitrogens with one attached hydrogen (secondary N) is 4. The lowest BCUT2D eigenvalue weighted by Crippen LogP contribution is -2.46. The van der Waals surface area contributed by atoms with Crippen LogP contribution in [0.25, 0.3) is 0 Å². The monoisotopic (exact) mass is 1180 g/mol. The van der Waals surface area contributed by atoms with Crippen molar-refractivity contribution < 1.29 is 61.9 Å². The van der Waals surface area contributed by atoms with Crippen molar-refractivity contribution in [1.82, 2.24) is 30.9 Å². The maximum atomic E-state index is 13.8. The maximum Gasteiger partial charge on any atom is 0.312 e. The molecule has 1 heterocycles. The number of anilines is 1. The van der Waals surface area contributed by atoms with Gasteiger partial charge >= 0.3 is 6.03 Å². The number of oxime groups is 1. The zero-order valence-corrected chi connectivity index (χ0v) is 52.1. The van der Waals surface area contributed by atoms with Crippen LogP contribution in [0.4, 0.5) is 10.5 Å². The van der Waals surface area contributed by atoms with Crippen LogP contribution in [-0.4, -0.2) is 177 Å². The summed E-state index contributed by atoms with van der Waals surface area (Å²) in [5.74, 6) is -0.572. The summed E-state index contributed by atoms with van der Waals surface area (Å²) in [5.41, 5.74) is 8.39. The third-order valence-corrected chi connectivity index (χ3v) is 14.0. The van der Waals surface area contributed by atoms with Crippen LogP contribution in [0.5, 0.6) is 0 Å². The Kier molecular flexibility index (Phi) is 37.1. The van der Waals surface area contributed by atoms with Gasteiger partial charge in [0.05, 0.1) is 117 Å². The smallest absolute Gasteiger partial charge is 0.312 e. The van der Waals surface area contributed by atoms with Crippen LogP contribution in [0.1, 0.15) is 113 Å². The number of carbonyl (C=O) groups is 4. The van der Waals surface area contributed by atoms with Gasteiger partial charge in [0.1, 0.15) is 12.3 Å². The molecule has 0 fully saturated rings. The van der Waals surface area contributed by atoms with Gasteiger partial charge in [0.15, 0.2) is 18.3 Å². The Hall–Kier alpha value is -4.53. The fourth-order valence-corrected chi connectivity index (χ4v) is 8.43. The largest absolute Gasteiger partial charge is 0.475 e. The second kappa shape index (κ2) is 41.5. The summed E-state index contributed by atoms with van der Waals surface area (Å²) in [7, 11) is 0. The van der Waals surface area contributed by atoms with Crippen LogP contribution in [-0.2, 0) is 76.8 Å². The number of amides is 4. The summed E-state index contributed by atoms with van der Waals surface area (Å²) in [6.45, 7) is 35.1. The Bertz CT molecular complexity index is 2080. The normalized spacial score (nSPS) is 12.6. The molecule has 0 aliphatic heterocycles. The first-order chi connectivity index (χ1) is 38.4. The first-order valence-electron chi connectivity index (χ1n) is 28.1. The molecule has 1 aromatic heterocycles. The Morgan fingerprint density at radius 2 is 1.25 bits per heavy atom. The van der Waals surface area contributed by atoms with Crippen molar-refractivity contribution in [2.45, 2.75) is 137 Å². The van der Waals surface area contributed by atoms with E-state index in [1.54, 1.807) is 40.3 Å². The van der Waals surface area contributed by atoms with E-state index in [4.69, 9.17) is 48.5 Å². The molecule has 0 unspecified atom stereocenters. The van der Waals surface area contributed by atoms with Gasteiger partial charge in [-0.15, -0.1) is 28.6 Å². The lowest BCUT2D eigenvalue weighted by Gasteiger charge is -2.24. The molecule has 1 aromatic carbocycles. The fourth-order valence-electron chi connectivity index (χ4n) is 6.79. The van der Waals surface area contributed by atoms with Gasteiger partial charge in [-0.05, 0) is 54.9 Å². The highest BCUT2D eigenvalue weighted by Crippen LogP contribution is 2.27. The molecule has 2 atom stereocenters. The molecule has 2 rings (SSSR count). The third-order valence-electron chi connectivity index (χ3n) is 11.3. The first-order valence-corrected chi connectivity index (χ1v) is 30.1. The molecule has 81 heavy (non-hydrogen) atoms. The van der Waals surface area contributed by atoms with Gasteiger partial charge in [0, 0.05) is 52.2 Å². The molecule has 22 nitrogen and oxygen atoms in total. The molecule has 462 valence electrons. The number of thioether (sulfide) groups is 2. The predicted octanol–water partition coefficient (Wildman–Crippen LogP) is 7.15. The molecule has 0 bridgehead atoms. The number of carbonyl (C=O) groups excluding carboxylic acids is 4. The first kappa shape index (κ1) is 72.6. The van der Waals surface area contributed by atoms with Crippen molar-refractivity contribution >= 4 is 58.6 Å². The predicted molar refractivity (Wildman–Crippen MR) is 320 cm³/mol. The maximum absolute atomic E-state index is 13.8. The second-order valence-electron chi connectivity index (χ2n) is 22.6. The van der Waals surface area contributed by atoms with Crippen molar-refractivity contribution in [1.29, 1.82) is 0 Å². The van der Waals surface area contributed by atoms with E-state index in [0.29, 0.717) is 134 Å². The number of nitrogens with two attached hydrogens (primary N) is 1. The van der Waals surface area contributed by atoms with Crippen LogP contribution in [0.2, 0.25) is 0 Å². The molecule has 2 aromatic rings. The Labute approximate surface area is 491 Å². The van der Waals surface area contributed by atoms with E-state index < -0.39 is 23.9 Å². The summed E-state index contributed by atoms with van der Waals surface area (Å²) in [6.07, 6.45) is 3.36. The molecule has 6 N–H and O–H groups in total. The number of rotatable bonds is 47. The summed E-state index contributed by atoms with van der Waals surface area (Å²) >= 11 is 3.49.